The molecule has 0 amide bonds. The van der Waals surface area contributed by atoms with Crippen LogP contribution < -0.4 is 10.0 Å². The minimum absolute atomic E-state index is 0.137. The van der Waals surface area contributed by atoms with Gasteiger partial charge in [0, 0.05) is 22.1 Å². The van der Waals surface area contributed by atoms with Gasteiger partial charge >= 0.3 is 0 Å². The summed E-state index contributed by atoms with van der Waals surface area (Å²) in [4.78, 5) is 4.74. The highest BCUT2D eigenvalue weighted by Gasteiger charge is 2.11. The Hall–Kier alpha value is -3.06. The number of nitrogens with one attached hydrogen (secondary N) is 2. The number of nitrogens with zero attached hydrogens (tertiary/aromatic N) is 1. The van der Waals surface area contributed by atoms with Crippen LogP contribution in [0.15, 0.2) is 72.8 Å². The fourth-order valence-corrected chi connectivity index (χ4v) is 4.57. The molecule has 2 N–H and O–H groups in total. The molecule has 0 saturated heterocycles. The fourth-order valence-electron chi connectivity index (χ4n) is 3.31. The first kappa shape index (κ1) is 19.3. The molecule has 0 fully saturated rings. The number of benzene rings is 3. The van der Waals surface area contributed by atoms with E-state index in [9.17, 15) is 8.42 Å². The van der Waals surface area contributed by atoms with E-state index in [2.05, 4.69) is 10.0 Å². The van der Waals surface area contributed by atoms with E-state index in [0.29, 0.717) is 12.1 Å². The minimum atomic E-state index is -3.30. The molecular formula is C22H22BN3O2S. The molecule has 4 rings (SSSR count). The minimum Gasteiger partial charge on any atom is -0.354 e. The molecule has 0 aliphatic carbocycles. The van der Waals surface area contributed by atoms with Gasteiger partial charge in [0.25, 0.3) is 0 Å². The molecular weight excluding hydrogens is 381 g/mol. The molecule has 1 aromatic heterocycles. The van der Waals surface area contributed by atoms with Crippen molar-refractivity contribution in [2.24, 2.45) is 0 Å². The number of hydrogen-bond acceptors (Lipinski definition) is 4. The van der Waals surface area contributed by atoms with Crippen LogP contribution in [0.25, 0.3) is 21.8 Å². The van der Waals surface area contributed by atoms with Crippen LogP contribution in [0, 0.1) is 0 Å². The molecule has 5 nitrogen and oxygen atoms in total. The lowest BCUT2D eigenvalue weighted by Crippen LogP contribution is -2.16. The molecule has 0 saturated carbocycles. The van der Waals surface area contributed by atoms with Crippen LogP contribution in [-0.2, 0) is 10.0 Å². The van der Waals surface area contributed by atoms with Crippen molar-refractivity contribution in [1.29, 1.82) is 0 Å². The molecule has 7 heteroatoms. The summed E-state index contributed by atoms with van der Waals surface area (Å²) in [5.74, 6) is 0.137. The lowest BCUT2D eigenvalue weighted by Gasteiger charge is -2.14. The van der Waals surface area contributed by atoms with Crippen LogP contribution in [0.5, 0.6) is 0 Å². The van der Waals surface area contributed by atoms with Gasteiger partial charge in [-0.25, -0.2) is 13.4 Å². The zero-order valence-corrected chi connectivity index (χ0v) is 17.0. The van der Waals surface area contributed by atoms with Gasteiger partial charge in [-0.2, -0.15) is 0 Å². The maximum Gasteiger partial charge on any atom is 0.232 e. The summed E-state index contributed by atoms with van der Waals surface area (Å²) < 4.78 is 26.8. The zero-order chi connectivity index (χ0) is 20.3. The fraction of sp³-hybridized carbons (Fsp3) is 0.136. The highest BCUT2D eigenvalue weighted by molar-refractivity contribution is 7.92. The third-order valence-electron chi connectivity index (χ3n) is 4.78. The molecule has 0 unspecified atom stereocenters. The summed E-state index contributed by atoms with van der Waals surface area (Å²) in [5, 5.41) is 5.57. The molecule has 0 spiro atoms. The van der Waals surface area contributed by atoms with E-state index in [1.165, 1.54) is 0 Å². The Bertz CT molecular complexity index is 1200. The number of hydrogen-bond donors (Lipinski definition) is 2. The molecule has 0 aliphatic rings. The standard InChI is InChI=1S/C22H22BN3O2S/c23-14-5-15-29(27,28)26-17-12-10-16(11-13-17)24-22-18-6-1-3-8-20(18)25-21-9-4-2-7-19(21)22/h1-4,6-13,26H,5,14-15,23H2,(H,24,25). The van der Waals surface area contributed by atoms with E-state index in [4.69, 9.17) is 4.98 Å². The summed E-state index contributed by atoms with van der Waals surface area (Å²) in [6.45, 7) is 0. The van der Waals surface area contributed by atoms with Crippen LogP contribution in [0.3, 0.4) is 0 Å². The monoisotopic (exact) mass is 403 g/mol. The highest BCUT2D eigenvalue weighted by atomic mass is 32.2. The van der Waals surface area contributed by atoms with Crippen molar-refractivity contribution in [3.05, 3.63) is 72.8 Å². The Labute approximate surface area is 171 Å². The SMILES string of the molecule is BCCCS(=O)(=O)Nc1ccc(Nc2c3ccccc3nc3ccccc23)cc1. The first-order valence-electron chi connectivity index (χ1n) is 9.71. The molecule has 1 heterocycles. The predicted octanol–water partition coefficient (Wildman–Crippen LogP) is 4.31. The second kappa shape index (κ2) is 8.13. The van der Waals surface area contributed by atoms with E-state index in [1.807, 2.05) is 68.5 Å². The van der Waals surface area contributed by atoms with Gasteiger partial charge in [0.05, 0.1) is 22.5 Å². The number of rotatable bonds is 7. The number of pyridine rings is 1. The second-order valence-electron chi connectivity index (χ2n) is 7.00. The number of fused-ring (bicyclic) bond motifs is 2. The largest absolute Gasteiger partial charge is 0.354 e. The lowest BCUT2D eigenvalue weighted by molar-refractivity contribution is 0.600. The van der Waals surface area contributed by atoms with Gasteiger partial charge < -0.3 is 5.32 Å². The number of aromatic nitrogens is 1. The zero-order valence-electron chi connectivity index (χ0n) is 16.2. The van der Waals surface area contributed by atoms with Gasteiger partial charge in [0.1, 0.15) is 7.85 Å². The second-order valence-corrected chi connectivity index (χ2v) is 8.84. The lowest BCUT2D eigenvalue weighted by atomic mass is 10.0. The van der Waals surface area contributed by atoms with Gasteiger partial charge in [-0.05, 0) is 42.8 Å². The smallest absolute Gasteiger partial charge is 0.232 e. The van der Waals surface area contributed by atoms with Crippen molar-refractivity contribution in [2.45, 2.75) is 12.7 Å². The maximum atomic E-state index is 12.1. The van der Waals surface area contributed by atoms with Crippen LogP contribution in [0.1, 0.15) is 6.42 Å². The maximum absolute atomic E-state index is 12.1. The molecule has 4 aromatic rings. The van der Waals surface area contributed by atoms with Crippen LogP contribution >= 0.6 is 0 Å². The third-order valence-corrected chi connectivity index (χ3v) is 6.15. The van der Waals surface area contributed by atoms with Gasteiger partial charge in [-0.3, -0.25) is 4.72 Å². The van der Waals surface area contributed by atoms with Gasteiger partial charge in [0.2, 0.25) is 10.0 Å². The van der Waals surface area contributed by atoms with Crippen LogP contribution in [0.2, 0.25) is 6.32 Å². The third kappa shape index (κ3) is 4.35. The Kier molecular flexibility index (Phi) is 5.40. The molecule has 0 radical (unpaired) electrons. The Balaban J connectivity index is 1.65. The molecule has 3 aromatic carbocycles. The quantitative estimate of drug-likeness (QED) is 0.356. The van der Waals surface area contributed by atoms with Gasteiger partial charge in [-0.1, -0.05) is 42.7 Å². The summed E-state index contributed by atoms with van der Waals surface area (Å²) in [6.07, 6.45) is 1.49. The first-order valence-corrected chi connectivity index (χ1v) is 11.4. The molecule has 0 aliphatic heterocycles. The predicted molar refractivity (Wildman–Crippen MR) is 124 cm³/mol. The van der Waals surface area contributed by atoms with Crippen molar-refractivity contribution in [2.75, 3.05) is 15.8 Å². The van der Waals surface area contributed by atoms with E-state index >= 15 is 0 Å². The average molecular weight is 403 g/mol. The highest BCUT2D eigenvalue weighted by Crippen LogP contribution is 2.33. The van der Waals surface area contributed by atoms with Crippen LogP contribution in [-0.4, -0.2) is 27.0 Å². The topological polar surface area (TPSA) is 71.1 Å². The van der Waals surface area contributed by atoms with Crippen molar-refractivity contribution in [3.8, 4) is 0 Å². The van der Waals surface area contributed by atoms with Gasteiger partial charge in [-0.15, -0.1) is 0 Å². The number of para-hydroxylation sites is 2. The molecule has 0 atom stereocenters. The van der Waals surface area contributed by atoms with Gasteiger partial charge in [0.15, 0.2) is 0 Å². The van der Waals surface area contributed by atoms with Crippen molar-refractivity contribution in [1.82, 2.24) is 4.98 Å². The van der Waals surface area contributed by atoms with E-state index in [0.717, 1.165) is 39.5 Å². The molecule has 146 valence electrons. The Morgan fingerprint density at radius 1 is 0.793 bits per heavy atom. The van der Waals surface area contributed by atoms with Crippen molar-refractivity contribution in [3.63, 3.8) is 0 Å². The molecule has 29 heavy (non-hydrogen) atoms. The number of sulfonamides is 1. The number of anilines is 3. The van der Waals surface area contributed by atoms with E-state index in [-0.39, 0.29) is 5.75 Å². The molecule has 0 bridgehead atoms. The van der Waals surface area contributed by atoms with Crippen molar-refractivity contribution < 1.29 is 8.42 Å². The summed E-state index contributed by atoms with van der Waals surface area (Å²) >= 11 is 0. The summed E-state index contributed by atoms with van der Waals surface area (Å²) in [7, 11) is -1.33. The van der Waals surface area contributed by atoms with E-state index in [1.54, 1.807) is 12.1 Å². The van der Waals surface area contributed by atoms with Crippen LogP contribution in [0.4, 0.5) is 17.1 Å². The normalized spacial score (nSPS) is 11.6. The summed E-state index contributed by atoms with van der Waals surface area (Å²) in [5.41, 5.74) is 4.28. The Morgan fingerprint density at radius 3 is 1.93 bits per heavy atom. The van der Waals surface area contributed by atoms with E-state index < -0.39 is 10.0 Å². The average Bonchev–Trinajstić information content (AvgIpc) is 2.73. The first-order chi connectivity index (χ1) is 14.1. The van der Waals surface area contributed by atoms with Crippen molar-refractivity contribution >= 4 is 56.7 Å². The summed E-state index contributed by atoms with van der Waals surface area (Å²) in [6, 6.07) is 23.4. The Morgan fingerprint density at radius 2 is 1.34 bits per heavy atom.